The number of hydrogen-bond donors (Lipinski definition) is 1. The lowest BCUT2D eigenvalue weighted by molar-refractivity contribution is 0.551. The molecule has 1 saturated heterocycles. The molecule has 5 heteroatoms. The molecule has 1 aliphatic heterocycles. The van der Waals surface area contributed by atoms with Crippen LogP contribution in [0.4, 0.5) is 20.4 Å². The van der Waals surface area contributed by atoms with Gasteiger partial charge in [-0.1, -0.05) is 6.92 Å². The number of nitrogens with two attached hydrogens (primary N) is 1. The molecule has 0 saturated carbocycles. The van der Waals surface area contributed by atoms with Gasteiger partial charge in [0.05, 0.1) is 0 Å². The van der Waals surface area contributed by atoms with Crippen LogP contribution in [0.1, 0.15) is 33.1 Å². The van der Waals surface area contributed by atoms with Crippen molar-refractivity contribution in [3.05, 3.63) is 17.7 Å². The molecule has 0 bridgehead atoms. The third-order valence-corrected chi connectivity index (χ3v) is 3.44. The van der Waals surface area contributed by atoms with Gasteiger partial charge in [0.2, 0.25) is 0 Å². The largest absolute Gasteiger partial charge is 0.381 e. The topological polar surface area (TPSA) is 42.2 Å². The van der Waals surface area contributed by atoms with Crippen molar-refractivity contribution in [3.8, 4) is 0 Å². The van der Waals surface area contributed by atoms with Crippen molar-refractivity contribution < 1.29 is 8.78 Å². The predicted molar refractivity (Wildman–Crippen MR) is 63.8 cm³/mol. The lowest BCUT2D eigenvalue weighted by Crippen LogP contribution is -2.35. The van der Waals surface area contributed by atoms with E-state index in [9.17, 15) is 8.78 Å². The summed E-state index contributed by atoms with van der Waals surface area (Å²) in [6.45, 7) is 4.08. The normalized spacial score (nSPS) is 24.4. The molecule has 1 aromatic heterocycles. The number of anilines is 2. The maximum absolute atomic E-state index is 13.8. The molecule has 0 amide bonds. The Morgan fingerprint density at radius 3 is 2.76 bits per heavy atom. The Bertz CT molecular complexity index is 422. The molecule has 17 heavy (non-hydrogen) atoms. The summed E-state index contributed by atoms with van der Waals surface area (Å²) in [5, 5.41) is 0. The summed E-state index contributed by atoms with van der Waals surface area (Å²) in [5.41, 5.74) is 5.41. The monoisotopic (exact) mass is 241 g/mol. The zero-order valence-corrected chi connectivity index (χ0v) is 10.1. The molecule has 2 unspecified atom stereocenters. The standard InChI is InChI=1S/C12H17F2N3/c1-3-8-5-4-7(2)17(8)12-10(14)6-9(13)11(15)16-12/h6-8H,3-5H2,1-2H3,(H2,15,16). The molecule has 94 valence electrons. The summed E-state index contributed by atoms with van der Waals surface area (Å²) < 4.78 is 26.8. The summed E-state index contributed by atoms with van der Waals surface area (Å²) >= 11 is 0. The smallest absolute Gasteiger partial charge is 0.168 e. The third-order valence-electron chi connectivity index (χ3n) is 3.44. The quantitative estimate of drug-likeness (QED) is 0.865. The van der Waals surface area contributed by atoms with Crippen molar-refractivity contribution in [3.63, 3.8) is 0 Å². The van der Waals surface area contributed by atoms with Crippen LogP contribution >= 0.6 is 0 Å². The molecular weight excluding hydrogens is 224 g/mol. The fourth-order valence-electron chi connectivity index (χ4n) is 2.51. The first-order valence-electron chi connectivity index (χ1n) is 5.94. The summed E-state index contributed by atoms with van der Waals surface area (Å²) in [6, 6.07) is 1.29. The highest BCUT2D eigenvalue weighted by Gasteiger charge is 2.32. The van der Waals surface area contributed by atoms with Gasteiger partial charge in [0.1, 0.15) is 0 Å². The Morgan fingerprint density at radius 1 is 1.41 bits per heavy atom. The van der Waals surface area contributed by atoms with E-state index >= 15 is 0 Å². The van der Waals surface area contributed by atoms with Crippen molar-refractivity contribution >= 4 is 11.6 Å². The molecule has 2 heterocycles. The molecule has 3 nitrogen and oxygen atoms in total. The van der Waals surface area contributed by atoms with Crippen LogP contribution in [0, 0.1) is 11.6 Å². The van der Waals surface area contributed by atoms with Gasteiger partial charge < -0.3 is 10.6 Å². The Balaban J connectivity index is 2.42. The second-order valence-electron chi connectivity index (χ2n) is 4.56. The number of rotatable bonds is 2. The van der Waals surface area contributed by atoms with Gasteiger partial charge in [-0.2, -0.15) is 0 Å². The van der Waals surface area contributed by atoms with Gasteiger partial charge in [0, 0.05) is 18.2 Å². The Morgan fingerprint density at radius 2 is 2.12 bits per heavy atom. The minimum Gasteiger partial charge on any atom is -0.381 e. The van der Waals surface area contributed by atoms with Crippen LogP contribution in [0.5, 0.6) is 0 Å². The Kier molecular flexibility index (Phi) is 3.17. The van der Waals surface area contributed by atoms with E-state index in [2.05, 4.69) is 11.9 Å². The van der Waals surface area contributed by atoms with Crippen LogP contribution < -0.4 is 10.6 Å². The molecule has 1 aliphatic rings. The van der Waals surface area contributed by atoms with Crippen molar-refractivity contribution in [2.24, 2.45) is 0 Å². The number of hydrogen-bond acceptors (Lipinski definition) is 3. The highest BCUT2D eigenvalue weighted by molar-refractivity contribution is 5.49. The van der Waals surface area contributed by atoms with Crippen molar-refractivity contribution in [1.29, 1.82) is 0 Å². The summed E-state index contributed by atoms with van der Waals surface area (Å²) in [7, 11) is 0. The minimum atomic E-state index is -0.800. The SMILES string of the molecule is CCC1CCC(C)N1c1nc(N)c(F)cc1F. The molecular formula is C12H17F2N3. The van der Waals surface area contributed by atoms with E-state index in [1.165, 1.54) is 0 Å². The average Bonchev–Trinajstić information content (AvgIpc) is 2.65. The first-order chi connectivity index (χ1) is 8.04. The molecule has 2 rings (SSSR count). The van der Waals surface area contributed by atoms with E-state index in [4.69, 9.17) is 5.73 Å². The average molecular weight is 241 g/mol. The third kappa shape index (κ3) is 2.06. The van der Waals surface area contributed by atoms with Gasteiger partial charge in [0.25, 0.3) is 0 Å². The van der Waals surface area contributed by atoms with Crippen LogP contribution in [-0.4, -0.2) is 17.1 Å². The zero-order valence-electron chi connectivity index (χ0n) is 10.1. The zero-order chi connectivity index (χ0) is 12.6. The molecule has 0 aromatic carbocycles. The van der Waals surface area contributed by atoms with Crippen molar-refractivity contribution in [1.82, 2.24) is 4.98 Å². The number of nitrogens with zero attached hydrogens (tertiary/aromatic N) is 2. The van der Waals surface area contributed by atoms with Gasteiger partial charge >= 0.3 is 0 Å². The van der Waals surface area contributed by atoms with E-state index in [1.54, 1.807) is 0 Å². The van der Waals surface area contributed by atoms with E-state index in [-0.39, 0.29) is 23.7 Å². The summed E-state index contributed by atoms with van der Waals surface area (Å²) in [4.78, 5) is 5.78. The maximum atomic E-state index is 13.8. The first-order valence-corrected chi connectivity index (χ1v) is 5.94. The highest BCUT2D eigenvalue weighted by Crippen LogP contribution is 2.33. The van der Waals surface area contributed by atoms with Gasteiger partial charge in [-0.25, -0.2) is 13.8 Å². The Labute approximate surface area is 99.6 Å². The van der Waals surface area contributed by atoms with Crippen LogP contribution in [0.2, 0.25) is 0 Å². The molecule has 1 fully saturated rings. The summed E-state index contributed by atoms with van der Waals surface area (Å²) in [5.74, 6) is -1.49. The lowest BCUT2D eigenvalue weighted by atomic mass is 10.1. The number of aromatic nitrogens is 1. The van der Waals surface area contributed by atoms with Crippen LogP contribution in [0.15, 0.2) is 6.07 Å². The number of pyridine rings is 1. The van der Waals surface area contributed by atoms with E-state index < -0.39 is 11.6 Å². The Hall–Kier alpha value is -1.39. The molecule has 0 aliphatic carbocycles. The van der Waals surface area contributed by atoms with Crippen LogP contribution in [-0.2, 0) is 0 Å². The van der Waals surface area contributed by atoms with E-state index in [0.29, 0.717) is 0 Å². The minimum absolute atomic E-state index is 0.181. The number of nitrogen functional groups attached to an aromatic ring is 1. The lowest BCUT2D eigenvalue weighted by Gasteiger charge is -2.29. The number of halogens is 2. The molecule has 1 aromatic rings. The second-order valence-corrected chi connectivity index (χ2v) is 4.56. The molecule has 2 atom stereocenters. The van der Waals surface area contributed by atoms with Crippen molar-refractivity contribution in [2.75, 3.05) is 10.6 Å². The molecule has 2 N–H and O–H groups in total. The first kappa shape index (κ1) is 12.1. The van der Waals surface area contributed by atoms with Crippen molar-refractivity contribution in [2.45, 2.75) is 45.2 Å². The second kappa shape index (κ2) is 4.47. The van der Waals surface area contributed by atoms with E-state index in [1.807, 2.05) is 11.8 Å². The van der Waals surface area contributed by atoms with Crippen LogP contribution in [0.3, 0.4) is 0 Å². The maximum Gasteiger partial charge on any atom is 0.168 e. The highest BCUT2D eigenvalue weighted by atomic mass is 19.1. The van der Waals surface area contributed by atoms with E-state index in [0.717, 1.165) is 25.3 Å². The fraction of sp³-hybridized carbons (Fsp3) is 0.583. The molecule has 0 spiro atoms. The van der Waals surface area contributed by atoms with Gasteiger partial charge in [0.15, 0.2) is 23.3 Å². The fourth-order valence-corrected chi connectivity index (χ4v) is 2.51. The summed E-state index contributed by atoms with van der Waals surface area (Å²) in [6.07, 6.45) is 2.93. The van der Waals surface area contributed by atoms with Gasteiger partial charge in [-0.05, 0) is 26.2 Å². The predicted octanol–water partition coefficient (Wildman–Crippen LogP) is 2.71. The van der Waals surface area contributed by atoms with Gasteiger partial charge in [-0.3, -0.25) is 0 Å². The van der Waals surface area contributed by atoms with Gasteiger partial charge in [-0.15, -0.1) is 0 Å². The molecule has 0 radical (unpaired) electrons. The van der Waals surface area contributed by atoms with Crippen LogP contribution in [0.25, 0.3) is 0 Å².